The summed E-state index contributed by atoms with van der Waals surface area (Å²) in [5.41, 5.74) is 2.92. The number of nitrogens with zero attached hydrogens (tertiary/aromatic N) is 1. The number of hydrogen-bond donors (Lipinski definition) is 0. The fraction of sp³-hybridized carbons (Fsp3) is 0.667. The molecular formula is C18H27NO2. The van der Waals surface area contributed by atoms with Gasteiger partial charge in [-0.25, -0.2) is 0 Å². The lowest BCUT2D eigenvalue weighted by Gasteiger charge is -2.43. The van der Waals surface area contributed by atoms with Crippen LogP contribution in [-0.2, 0) is 6.42 Å². The lowest BCUT2D eigenvalue weighted by atomic mass is 9.80. The highest BCUT2D eigenvalue weighted by Crippen LogP contribution is 2.43. The lowest BCUT2D eigenvalue weighted by Crippen LogP contribution is -2.41. The molecule has 1 fully saturated rings. The summed E-state index contributed by atoms with van der Waals surface area (Å²) in [7, 11) is 3.45. The largest absolute Gasteiger partial charge is 0.493 e. The number of piperidine rings is 1. The molecule has 0 aliphatic carbocycles. The van der Waals surface area contributed by atoms with Crippen molar-refractivity contribution in [1.82, 2.24) is 4.90 Å². The number of hydrogen-bond acceptors (Lipinski definition) is 3. The van der Waals surface area contributed by atoms with Crippen molar-refractivity contribution in [2.45, 2.75) is 45.1 Å². The molecule has 2 unspecified atom stereocenters. The maximum atomic E-state index is 5.51. The molecular weight excluding hydrogens is 262 g/mol. The first-order valence-electron chi connectivity index (χ1n) is 8.25. The zero-order chi connectivity index (χ0) is 14.8. The summed E-state index contributed by atoms with van der Waals surface area (Å²) in [5.74, 6) is 2.62. The van der Waals surface area contributed by atoms with Crippen molar-refractivity contribution in [2.75, 3.05) is 27.3 Å². The number of ether oxygens (including phenoxy) is 2. The van der Waals surface area contributed by atoms with E-state index in [2.05, 4.69) is 24.0 Å². The van der Waals surface area contributed by atoms with Crippen molar-refractivity contribution < 1.29 is 9.47 Å². The Morgan fingerprint density at radius 2 is 1.90 bits per heavy atom. The maximum Gasteiger partial charge on any atom is 0.161 e. The Kier molecular flexibility index (Phi) is 4.39. The van der Waals surface area contributed by atoms with Gasteiger partial charge in [-0.2, -0.15) is 0 Å². The number of methoxy groups -OCH3 is 2. The molecule has 1 aromatic rings. The Morgan fingerprint density at radius 1 is 1.14 bits per heavy atom. The predicted octanol–water partition coefficient (Wildman–Crippen LogP) is 3.81. The minimum atomic E-state index is 0.582. The van der Waals surface area contributed by atoms with Crippen LogP contribution in [0.25, 0.3) is 0 Å². The van der Waals surface area contributed by atoms with Gasteiger partial charge in [0.2, 0.25) is 0 Å². The van der Waals surface area contributed by atoms with Crippen molar-refractivity contribution in [3.8, 4) is 11.5 Å². The Hall–Kier alpha value is -1.22. The molecule has 3 heteroatoms. The summed E-state index contributed by atoms with van der Waals surface area (Å²) in [6, 6.07) is 4.99. The first-order valence-corrected chi connectivity index (χ1v) is 8.25. The second-order valence-corrected chi connectivity index (χ2v) is 6.39. The molecule has 116 valence electrons. The number of rotatable bonds is 4. The average Bonchev–Trinajstić information content (AvgIpc) is 2.53. The summed E-state index contributed by atoms with van der Waals surface area (Å²) in [5, 5.41) is 0. The van der Waals surface area contributed by atoms with Crippen LogP contribution < -0.4 is 9.47 Å². The number of fused-ring (bicyclic) bond motifs is 3. The van der Waals surface area contributed by atoms with Crippen LogP contribution in [0, 0.1) is 5.92 Å². The lowest BCUT2D eigenvalue weighted by molar-refractivity contribution is 0.0989. The molecule has 1 saturated heterocycles. The topological polar surface area (TPSA) is 21.7 Å². The maximum absolute atomic E-state index is 5.51. The second-order valence-electron chi connectivity index (χ2n) is 6.39. The highest BCUT2D eigenvalue weighted by molar-refractivity contribution is 5.49. The van der Waals surface area contributed by atoms with Crippen LogP contribution in [0.3, 0.4) is 0 Å². The van der Waals surface area contributed by atoms with Crippen LogP contribution in [0.4, 0.5) is 0 Å². The molecule has 0 bridgehead atoms. The monoisotopic (exact) mass is 289 g/mol. The van der Waals surface area contributed by atoms with Crippen LogP contribution >= 0.6 is 0 Å². The van der Waals surface area contributed by atoms with E-state index in [1.54, 1.807) is 14.2 Å². The molecule has 3 rings (SSSR count). The molecule has 0 radical (unpaired) electrons. The summed E-state index contributed by atoms with van der Waals surface area (Å²) in [4.78, 5) is 2.67. The summed E-state index contributed by atoms with van der Waals surface area (Å²) in [6.45, 7) is 4.74. The predicted molar refractivity (Wildman–Crippen MR) is 85.2 cm³/mol. The van der Waals surface area contributed by atoms with Gasteiger partial charge in [-0.05, 0) is 55.0 Å². The molecule has 2 heterocycles. The molecule has 2 aliphatic rings. The Labute approximate surface area is 128 Å². The van der Waals surface area contributed by atoms with Crippen molar-refractivity contribution in [3.63, 3.8) is 0 Å². The second kappa shape index (κ2) is 6.27. The van der Waals surface area contributed by atoms with E-state index in [0.717, 1.165) is 23.8 Å². The van der Waals surface area contributed by atoms with Crippen LogP contribution in [0.1, 0.15) is 49.8 Å². The molecule has 0 aromatic heterocycles. The van der Waals surface area contributed by atoms with Crippen molar-refractivity contribution >= 4 is 0 Å². The van der Waals surface area contributed by atoms with Crippen molar-refractivity contribution in [3.05, 3.63) is 23.3 Å². The molecule has 0 saturated carbocycles. The minimum absolute atomic E-state index is 0.582. The Balaban J connectivity index is 1.92. The van der Waals surface area contributed by atoms with Gasteiger partial charge in [0.1, 0.15) is 0 Å². The van der Waals surface area contributed by atoms with Crippen LogP contribution in [-0.4, -0.2) is 32.2 Å². The normalized spacial score (nSPS) is 25.1. The molecule has 3 nitrogen and oxygen atoms in total. The molecule has 0 spiro atoms. The van der Waals surface area contributed by atoms with Gasteiger partial charge in [-0.15, -0.1) is 0 Å². The van der Waals surface area contributed by atoms with Crippen LogP contribution in [0.5, 0.6) is 11.5 Å². The van der Waals surface area contributed by atoms with E-state index >= 15 is 0 Å². The Bertz CT molecular complexity index is 500. The van der Waals surface area contributed by atoms with E-state index in [4.69, 9.17) is 9.47 Å². The third-order valence-corrected chi connectivity index (χ3v) is 5.19. The smallest absolute Gasteiger partial charge is 0.161 e. The Morgan fingerprint density at radius 3 is 2.62 bits per heavy atom. The van der Waals surface area contributed by atoms with Gasteiger partial charge < -0.3 is 9.47 Å². The highest BCUT2D eigenvalue weighted by Gasteiger charge is 2.34. The fourth-order valence-electron chi connectivity index (χ4n) is 4.08. The third-order valence-electron chi connectivity index (χ3n) is 5.19. The van der Waals surface area contributed by atoms with E-state index in [9.17, 15) is 0 Å². The van der Waals surface area contributed by atoms with E-state index in [1.807, 2.05) is 0 Å². The van der Waals surface area contributed by atoms with Crippen molar-refractivity contribution in [1.29, 1.82) is 0 Å². The van der Waals surface area contributed by atoms with Gasteiger partial charge >= 0.3 is 0 Å². The standard InChI is InChI=1S/C18H27NO2/c1-4-5-13-6-8-19-9-7-14-11-17(20-2)18(21-3)12-15(14)16(19)10-13/h11-13,16H,4-10H2,1-3H3. The zero-order valence-electron chi connectivity index (χ0n) is 13.5. The first kappa shape index (κ1) is 14.7. The third kappa shape index (κ3) is 2.76. The SMILES string of the molecule is CCCC1CCN2CCc3cc(OC)c(OC)cc3C2C1. The summed E-state index contributed by atoms with van der Waals surface area (Å²) >= 11 is 0. The van der Waals surface area contributed by atoms with Crippen molar-refractivity contribution in [2.24, 2.45) is 5.92 Å². The first-order chi connectivity index (χ1) is 10.3. The van der Waals surface area contributed by atoms with E-state index < -0.39 is 0 Å². The van der Waals surface area contributed by atoms with Gasteiger partial charge in [0, 0.05) is 12.6 Å². The van der Waals surface area contributed by atoms with Gasteiger partial charge in [-0.1, -0.05) is 19.8 Å². The van der Waals surface area contributed by atoms with Gasteiger partial charge in [0.05, 0.1) is 14.2 Å². The zero-order valence-corrected chi connectivity index (χ0v) is 13.5. The minimum Gasteiger partial charge on any atom is -0.493 e. The number of benzene rings is 1. The van der Waals surface area contributed by atoms with Crippen LogP contribution in [0.2, 0.25) is 0 Å². The molecule has 0 amide bonds. The van der Waals surface area contributed by atoms with Gasteiger partial charge in [0.25, 0.3) is 0 Å². The molecule has 2 aliphatic heterocycles. The fourth-order valence-corrected chi connectivity index (χ4v) is 4.08. The van der Waals surface area contributed by atoms with Gasteiger partial charge in [-0.3, -0.25) is 4.90 Å². The molecule has 21 heavy (non-hydrogen) atoms. The summed E-state index contributed by atoms with van der Waals surface area (Å²) in [6.07, 6.45) is 6.47. The van der Waals surface area contributed by atoms with E-state index in [0.29, 0.717) is 6.04 Å². The van der Waals surface area contributed by atoms with Crippen LogP contribution in [0.15, 0.2) is 12.1 Å². The van der Waals surface area contributed by atoms with E-state index in [1.165, 1.54) is 49.9 Å². The molecule has 0 N–H and O–H groups in total. The van der Waals surface area contributed by atoms with Gasteiger partial charge in [0.15, 0.2) is 11.5 Å². The molecule has 1 aromatic carbocycles. The highest BCUT2D eigenvalue weighted by atomic mass is 16.5. The quantitative estimate of drug-likeness (QED) is 0.841. The van der Waals surface area contributed by atoms with E-state index in [-0.39, 0.29) is 0 Å². The summed E-state index contributed by atoms with van der Waals surface area (Å²) < 4.78 is 11.0. The average molecular weight is 289 g/mol. The molecule has 2 atom stereocenters.